The summed E-state index contributed by atoms with van der Waals surface area (Å²) in [6.07, 6.45) is 0. The van der Waals surface area contributed by atoms with Crippen molar-refractivity contribution in [3.8, 4) is 0 Å². The number of benzene rings is 1. The number of aromatic nitrogens is 2. The Labute approximate surface area is 123 Å². The molecule has 0 aliphatic heterocycles. The van der Waals surface area contributed by atoms with Gasteiger partial charge in [-0.05, 0) is 41.1 Å². The van der Waals surface area contributed by atoms with E-state index >= 15 is 0 Å². The molecule has 2 aromatic rings. The zero-order valence-electron chi connectivity index (χ0n) is 11.0. The lowest BCUT2D eigenvalue weighted by atomic mass is 10.2. The molecule has 1 aromatic heterocycles. The normalized spacial score (nSPS) is 10.6. The van der Waals surface area contributed by atoms with Crippen LogP contribution in [0.3, 0.4) is 0 Å². The highest BCUT2D eigenvalue weighted by atomic mass is 79.9. The number of halogens is 2. The number of nitrogens with two attached hydrogens (primary N) is 1. The molecule has 5 nitrogen and oxygen atoms in total. The number of nitrogens with zero attached hydrogens (tertiary/aromatic N) is 2. The van der Waals surface area contributed by atoms with E-state index in [0.717, 1.165) is 16.2 Å². The van der Waals surface area contributed by atoms with Crippen molar-refractivity contribution in [1.29, 1.82) is 0 Å². The summed E-state index contributed by atoms with van der Waals surface area (Å²) in [6.45, 7) is 1.83. The second-order valence-corrected chi connectivity index (χ2v) is 5.08. The van der Waals surface area contributed by atoms with Gasteiger partial charge in [0.1, 0.15) is 12.4 Å². The molecule has 20 heavy (non-hydrogen) atoms. The van der Waals surface area contributed by atoms with Gasteiger partial charge in [0.25, 0.3) is 0 Å². The molecule has 0 spiro atoms. The van der Waals surface area contributed by atoms with Crippen LogP contribution in [-0.2, 0) is 18.4 Å². The molecule has 0 saturated heterocycles. The summed E-state index contributed by atoms with van der Waals surface area (Å²) in [5.74, 6) is -1.44. The molecule has 106 valence electrons. The fraction of sp³-hybridized carbons (Fsp3) is 0.231. The fourth-order valence-corrected chi connectivity index (χ4v) is 2.20. The van der Waals surface area contributed by atoms with Crippen LogP contribution < -0.4 is 5.73 Å². The first-order chi connectivity index (χ1) is 9.40. The Balaban J connectivity index is 2.12. The lowest BCUT2D eigenvalue weighted by Crippen LogP contribution is -2.10. The van der Waals surface area contributed by atoms with Crippen molar-refractivity contribution in [2.24, 2.45) is 7.05 Å². The highest BCUT2D eigenvalue weighted by Crippen LogP contribution is 2.21. The number of aryl methyl sites for hydroxylation is 2. The molecule has 0 aliphatic rings. The first-order valence-electron chi connectivity index (χ1n) is 5.80. The lowest BCUT2D eigenvalue weighted by molar-refractivity contribution is 0.0457. The molecule has 7 heteroatoms. The van der Waals surface area contributed by atoms with E-state index in [-0.39, 0.29) is 17.9 Å². The predicted molar refractivity (Wildman–Crippen MR) is 75.6 cm³/mol. The molecule has 0 atom stereocenters. The molecule has 0 aliphatic carbocycles. The summed E-state index contributed by atoms with van der Waals surface area (Å²) in [4.78, 5) is 11.8. The molecule has 2 rings (SSSR count). The van der Waals surface area contributed by atoms with Gasteiger partial charge in [-0.15, -0.1) is 0 Å². The Morgan fingerprint density at radius 3 is 2.80 bits per heavy atom. The molecule has 0 saturated carbocycles. The van der Waals surface area contributed by atoms with Gasteiger partial charge < -0.3 is 10.5 Å². The van der Waals surface area contributed by atoms with Crippen molar-refractivity contribution in [3.63, 3.8) is 0 Å². The number of rotatable bonds is 3. The number of esters is 1. The van der Waals surface area contributed by atoms with Gasteiger partial charge in [0.15, 0.2) is 0 Å². The Morgan fingerprint density at radius 1 is 1.55 bits per heavy atom. The summed E-state index contributed by atoms with van der Waals surface area (Å²) in [7, 11) is 1.74. The fourth-order valence-electron chi connectivity index (χ4n) is 1.75. The maximum Gasteiger partial charge on any atom is 0.341 e. The number of anilines is 1. The molecule has 0 amide bonds. The smallest absolute Gasteiger partial charge is 0.341 e. The Kier molecular flexibility index (Phi) is 4.08. The number of carbonyl (C=O) groups excluding carboxylic acids is 1. The van der Waals surface area contributed by atoms with Crippen LogP contribution in [0.5, 0.6) is 0 Å². The molecular weight excluding hydrogens is 329 g/mol. The average Bonchev–Trinajstić information content (AvgIpc) is 2.61. The zero-order chi connectivity index (χ0) is 14.9. The van der Waals surface area contributed by atoms with Crippen LogP contribution in [0, 0.1) is 12.7 Å². The highest BCUT2D eigenvalue weighted by molar-refractivity contribution is 9.10. The van der Waals surface area contributed by atoms with Gasteiger partial charge in [-0.25, -0.2) is 9.18 Å². The number of nitrogen functional groups attached to an aromatic ring is 1. The monoisotopic (exact) mass is 341 g/mol. The summed E-state index contributed by atoms with van der Waals surface area (Å²) in [5, 5.41) is 4.18. The SMILES string of the molecule is Cc1nn(C)c(COC(=O)c2ccc(N)cc2F)c1Br. The lowest BCUT2D eigenvalue weighted by Gasteiger charge is -2.07. The van der Waals surface area contributed by atoms with E-state index in [1.54, 1.807) is 11.7 Å². The molecule has 1 heterocycles. The van der Waals surface area contributed by atoms with Gasteiger partial charge in [0, 0.05) is 12.7 Å². The summed E-state index contributed by atoms with van der Waals surface area (Å²) in [6, 6.07) is 3.83. The van der Waals surface area contributed by atoms with Crippen LogP contribution in [-0.4, -0.2) is 15.7 Å². The number of ether oxygens (including phenoxy) is 1. The predicted octanol–water partition coefficient (Wildman–Crippen LogP) is 2.57. The minimum atomic E-state index is -0.742. The minimum Gasteiger partial charge on any atom is -0.455 e. The molecular formula is C13H13BrFN3O2. The number of hydrogen-bond donors (Lipinski definition) is 1. The van der Waals surface area contributed by atoms with E-state index in [2.05, 4.69) is 21.0 Å². The maximum absolute atomic E-state index is 13.6. The third-order valence-corrected chi connectivity index (χ3v) is 3.85. The van der Waals surface area contributed by atoms with Crippen molar-refractivity contribution in [2.75, 3.05) is 5.73 Å². The average molecular weight is 342 g/mol. The van der Waals surface area contributed by atoms with Crippen LogP contribution >= 0.6 is 15.9 Å². The van der Waals surface area contributed by atoms with Crippen LogP contribution in [0.15, 0.2) is 22.7 Å². The van der Waals surface area contributed by atoms with Gasteiger partial charge in [0.2, 0.25) is 0 Å². The van der Waals surface area contributed by atoms with Crippen molar-refractivity contribution in [1.82, 2.24) is 9.78 Å². The largest absolute Gasteiger partial charge is 0.455 e. The van der Waals surface area contributed by atoms with Crippen molar-refractivity contribution in [2.45, 2.75) is 13.5 Å². The third kappa shape index (κ3) is 2.82. The van der Waals surface area contributed by atoms with Crippen molar-refractivity contribution >= 4 is 27.6 Å². The molecule has 2 N–H and O–H groups in total. The summed E-state index contributed by atoms with van der Waals surface area (Å²) < 4.78 is 21.1. The van der Waals surface area contributed by atoms with Crippen LogP contribution in [0.1, 0.15) is 21.7 Å². The first-order valence-corrected chi connectivity index (χ1v) is 6.59. The first kappa shape index (κ1) is 14.5. The van der Waals surface area contributed by atoms with E-state index in [1.807, 2.05) is 6.92 Å². The topological polar surface area (TPSA) is 70.1 Å². The zero-order valence-corrected chi connectivity index (χ0v) is 12.6. The molecule has 0 bridgehead atoms. The van der Waals surface area contributed by atoms with Crippen molar-refractivity contribution < 1.29 is 13.9 Å². The minimum absolute atomic E-state index is 0.000569. The Morgan fingerprint density at radius 2 is 2.25 bits per heavy atom. The number of hydrogen-bond acceptors (Lipinski definition) is 4. The molecule has 0 fully saturated rings. The second-order valence-electron chi connectivity index (χ2n) is 4.29. The second kappa shape index (κ2) is 5.62. The molecule has 1 aromatic carbocycles. The third-order valence-electron chi connectivity index (χ3n) is 2.81. The summed E-state index contributed by atoms with van der Waals surface area (Å²) in [5.41, 5.74) is 7.02. The highest BCUT2D eigenvalue weighted by Gasteiger charge is 2.16. The Hall–Kier alpha value is -1.89. The van der Waals surface area contributed by atoms with Gasteiger partial charge in [0.05, 0.1) is 21.4 Å². The van der Waals surface area contributed by atoms with E-state index in [1.165, 1.54) is 12.1 Å². The van der Waals surface area contributed by atoms with E-state index in [4.69, 9.17) is 10.5 Å². The van der Waals surface area contributed by atoms with Gasteiger partial charge >= 0.3 is 5.97 Å². The van der Waals surface area contributed by atoms with Crippen molar-refractivity contribution in [3.05, 3.63) is 45.4 Å². The van der Waals surface area contributed by atoms with Crippen LogP contribution in [0.4, 0.5) is 10.1 Å². The molecule has 0 radical (unpaired) electrons. The summed E-state index contributed by atoms with van der Waals surface area (Å²) >= 11 is 3.37. The van der Waals surface area contributed by atoms with Crippen LogP contribution in [0.25, 0.3) is 0 Å². The van der Waals surface area contributed by atoms with E-state index in [0.29, 0.717) is 5.69 Å². The maximum atomic E-state index is 13.6. The van der Waals surface area contributed by atoms with Gasteiger partial charge in [-0.1, -0.05) is 0 Å². The van der Waals surface area contributed by atoms with Gasteiger partial charge in [-0.3, -0.25) is 4.68 Å². The quantitative estimate of drug-likeness (QED) is 0.688. The van der Waals surface area contributed by atoms with E-state index in [9.17, 15) is 9.18 Å². The van der Waals surface area contributed by atoms with Gasteiger partial charge in [-0.2, -0.15) is 5.10 Å². The van der Waals surface area contributed by atoms with Crippen LogP contribution in [0.2, 0.25) is 0 Å². The standard InChI is InChI=1S/C13H13BrFN3O2/c1-7-12(14)11(18(2)17-7)6-20-13(19)9-4-3-8(16)5-10(9)15/h3-5H,6,16H2,1-2H3. The Bertz CT molecular complexity index is 670. The van der Waals surface area contributed by atoms with E-state index < -0.39 is 11.8 Å². The number of carbonyl (C=O) groups is 1. The molecule has 0 unspecified atom stereocenters.